The first-order chi connectivity index (χ1) is 18.0. The first-order valence-corrected chi connectivity index (χ1v) is 11.2. The first-order valence-electron chi connectivity index (χ1n) is 11.2. The Hall–Kier alpha value is -5.55. The van der Waals surface area contributed by atoms with Gasteiger partial charge in [-0.05, 0) is 35.9 Å². The lowest BCUT2D eigenvalue weighted by atomic mass is 9.94. The number of fused-ring (bicyclic) bond motifs is 2. The summed E-state index contributed by atoms with van der Waals surface area (Å²) in [6, 6.07) is 16.4. The molecule has 0 aliphatic carbocycles. The maximum atomic E-state index is 9.55. The number of nitrogens with one attached hydrogen (secondary N) is 2. The summed E-state index contributed by atoms with van der Waals surface area (Å²) in [7, 11) is 1.58. The number of benzene rings is 2. The number of nitrogen functional groups attached to an aromatic ring is 2. The standard InChI is InChI=1S/C26H21N9O2/c1-36-20-7-5-15(9-16(20)12-37-17-6-4-14-3-2-8-31-19(14)10-17)23-21-22(29)18(11-27)24(30)34-25(21)35-26(33-23)32-13-28/h2-10,23H,12H2,1H3,(H6,29,30,32,33,34,35). The van der Waals surface area contributed by atoms with E-state index in [1.165, 1.54) is 0 Å². The maximum absolute atomic E-state index is 9.55. The van der Waals surface area contributed by atoms with Gasteiger partial charge in [0.1, 0.15) is 47.4 Å². The summed E-state index contributed by atoms with van der Waals surface area (Å²) in [4.78, 5) is 13.3. The maximum Gasteiger partial charge on any atom is 0.211 e. The van der Waals surface area contributed by atoms with Gasteiger partial charge in [0.25, 0.3) is 0 Å². The van der Waals surface area contributed by atoms with Crippen molar-refractivity contribution < 1.29 is 9.47 Å². The molecule has 37 heavy (non-hydrogen) atoms. The van der Waals surface area contributed by atoms with Crippen molar-refractivity contribution in [3.05, 3.63) is 77.0 Å². The largest absolute Gasteiger partial charge is 0.496 e. The Labute approximate surface area is 212 Å². The second-order valence-electron chi connectivity index (χ2n) is 8.12. The van der Waals surface area contributed by atoms with E-state index in [9.17, 15) is 5.26 Å². The zero-order valence-corrected chi connectivity index (χ0v) is 19.7. The number of rotatable bonds is 5. The molecule has 11 heteroatoms. The molecular formula is C26H21N9O2. The lowest BCUT2D eigenvalue weighted by Gasteiger charge is -2.26. The van der Waals surface area contributed by atoms with E-state index in [1.807, 2.05) is 54.7 Å². The fourth-order valence-electron chi connectivity index (χ4n) is 4.20. The van der Waals surface area contributed by atoms with Crippen LogP contribution < -0.4 is 31.6 Å². The predicted octanol–water partition coefficient (Wildman–Crippen LogP) is 3.20. The Morgan fingerprint density at radius 2 is 2.00 bits per heavy atom. The van der Waals surface area contributed by atoms with Crippen LogP contribution in [0.5, 0.6) is 11.5 Å². The van der Waals surface area contributed by atoms with Gasteiger partial charge in [-0.15, -0.1) is 0 Å². The predicted molar refractivity (Wildman–Crippen MR) is 138 cm³/mol. The highest BCUT2D eigenvalue weighted by Crippen LogP contribution is 2.41. The van der Waals surface area contributed by atoms with Crippen LogP contribution in [0.15, 0.2) is 59.7 Å². The fourth-order valence-corrected chi connectivity index (χ4v) is 4.20. The van der Waals surface area contributed by atoms with Crippen molar-refractivity contribution in [2.45, 2.75) is 12.6 Å². The number of aliphatic imine (C=N–C) groups is 1. The van der Waals surface area contributed by atoms with Crippen LogP contribution in [0, 0.1) is 22.8 Å². The number of hydrogen-bond donors (Lipinski definition) is 4. The molecule has 5 rings (SSSR count). The van der Waals surface area contributed by atoms with Gasteiger partial charge in [0.2, 0.25) is 5.96 Å². The minimum atomic E-state index is -0.679. The highest BCUT2D eigenvalue weighted by molar-refractivity contribution is 5.98. The lowest BCUT2D eigenvalue weighted by Crippen LogP contribution is -2.32. The van der Waals surface area contributed by atoms with E-state index in [-0.39, 0.29) is 29.6 Å². The summed E-state index contributed by atoms with van der Waals surface area (Å²) in [5, 5.41) is 25.1. The van der Waals surface area contributed by atoms with Crippen LogP contribution in [-0.2, 0) is 6.61 Å². The van der Waals surface area contributed by atoms with E-state index in [4.69, 9.17) is 26.2 Å². The number of ether oxygens (including phenoxy) is 2. The minimum absolute atomic E-state index is 0.0168. The number of methoxy groups -OCH3 is 1. The molecule has 2 aromatic heterocycles. The molecule has 1 atom stereocenters. The van der Waals surface area contributed by atoms with Gasteiger partial charge in [0.05, 0.1) is 18.3 Å². The second kappa shape index (κ2) is 9.60. The molecule has 11 nitrogen and oxygen atoms in total. The van der Waals surface area contributed by atoms with Gasteiger partial charge in [-0.25, -0.2) is 9.98 Å². The molecule has 182 valence electrons. The number of nitrogens with zero attached hydrogens (tertiary/aromatic N) is 5. The molecule has 0 saturated heterocycles. The molecule has 0 fully saturated rings. The van der Waals surface area contributed by atoms with Crippen molar-refractivity contribution in [3.63, 3.8) is 0 Å². The quantitative estimate of drug-likeness (QED) is 0.239. The van der Waals surface area contributed by atoms with Crippen LogP contribution in [0.2, 0.25) is 0 Å². The summed E-state index contributed by atoms with van der Waals surface area (Å²) in [5.41, 5.74) is 15.3. The molecule has 1 unspecified atom stereocenters. The number of anilines is 3. The van der Waals surface area contributed by atoms with Crippen LogP contribution in [-0.4, -0.2) is 23.0 Å². The average Bonchev–Trinajstić information content (AvgIpc) is 2.91. The smallest absolute Gasteiger partial charge is 0.211 e. The van der Waals surface area contributed by atoms with Gasteiger partial charge in [-0.1, -0.05) is 12.1 Å². The molecule has 2 aromatic carbocycles. The monoisotopic (exact) mass is 491 g/mol. The third-order valence-electron chi connectivity index (χ3n) is 5.95. The van der Waals surface area contributed by atoms with Crippen LogP contribution in [0.3, 0.4) is 0 Å². The summed E-state index contributed by atoms with van der Waals surface area (Å²) in [6.45, 7) is 0.207. The molecule has 0 bridgehead atoms. The highest BCUT2D eigenvalue weighted by atomic mass is 16.5. The zero-order valence-electron chi connectivity index (χ0n) is 19.7. The fraction of sp³-hybridized carbons (Fsp3) is 0.115. The van der Waals surface area contributed by atoms with Crippen molar-refractivity contribution in [1.82, 2.24) is 15.3 Å². The summed E-state index contributed by atoms with van der Waals surface area (Å²) in [6.07, 6.45) is 3.58. The molecule has 4 aromatic rings. The number of hydrogen-bond acceptors (Lipinski definition) is 11. The number of guanidine groups is 1. The molecule has 0 spiro atoms. The normalized spacial score (nSPS) is 13.9. The van der Waals surface area contributed by atoms with E-state index < -0.39 is 6.04 Å². The Morgan fingerprint density at radius 3 is 2.78 bits per heavy atom. The molecule has 1 aliphatic rings. The van der Waals surface area contributed by atoms with Crippen LogP contribution in [0.1, 0.15) is 28.3 Å². The summed E-state index contributed by atoms with van der Waals surface area (Å²) < 4.78 is 11.6. The van der Waals surface area contributed by atoms with Gasteiger partial charge in [-0.2, -0.15) is 10.5 Å². The van der Waals surface area contributed by atoms with E-state index in [2.05, 4.69) is 25.6 Å². The second-order valence-corrected chi connectivity index (χ2v) is 8.12. The SMILES string of the molecule is COc1ccc(C2N=C(NC#N)Nc3nc(N)c(C#N)c(N)c32)cc1COc1ccc2cccnc2c1. The van der Waals surface area contributed by atoms with Crippen LogP contribution >= 0.6 is 0 Å². The Morgan fingerprint density at radius 1 is 1.14 bits per heavy atom. The molecular weight excluding hydrogens is 470 g/mol. The van der Waals surface area contributed by atoms with Gasteiger partial charge in [0, 0.05) is 28.8 Å². The first kappa shape index (κ1) is 23.2. The number of pyridine rings is 2. The lowest BCUT2D eigenvalue weighted by molar-refractivity contribution is 0.297. The van der Waals surface area contributed by atoms with E-state index in [1.54, 1.807) is 19.4 Å². The third-order valence-corrected chi connectivity index (χ3v) is 5.95. The van der Waals surface area contributed by atoms with Crippen LogP contribution in [0.4, 0.5) is 17.3 Å². The molecule has 0 radical (unpaired) electrons. The van der Waals surface area contributed by atoms with E-state index >= 15 is 0 Å². The van der Waals surface area contributed by atoms with Crippen molar-refractivity contribution in [3.8, 4) is 23.8 Å². The van der Waals surface area contributed by atoms with Crippen molar-refractivity contribution in [2.75, 3.05) is 23.9 Å². The Balaban J connectivity index is 1.53. The average molecular weight is 492 g/mol. The van der Waals surface area contributed by atoms with Gasteiger partial charge >= 0.3 is 0 Å². The zero-order chi connectivity index (χ0) is 25.9. The topological polar surface area (TPSA) is 180 Å². The number of nitrogens with two attached hydrogens (primary N) is 2. The number of nitriles is 2. The Bertz CT molecular complexity index is 1640. The van der Waals surface area contributed by atoms with Crippen molar-refractivity contribution in [1.29, 1.82) is 10.5 Å². The molecule has 0 amide bonds. The van der Waals surface area contributed by atoms with E-state index in [0.717, 1.165) is 22.0 Å². The highest BCUT2D eigenvalue weighted by Gasteiger charge is 2.30. The van der Waals surface area contributed by atoms with Gasteiger partial charge < -0.3 is 26.3 Å². The van der Waals surface area contributed by atoms with Gasteiger partial charge in [-0.3, -0.25) is 10.3 Å². The molecule has 3 heterocycles. The van der Waals surface area contributed by atoms with Crippen molar-refractivity contribution >= 4 is 34.2 Å². The minimum Gasteiger partial charge on any atom is -0.496 e. The van der Waals surface area contributed by atoms with E-state index in [0.29, 0.717) is 22.9 Å². The third kappa shape index (κ3) is 4.33. The molecule has 6 N–H and O–H groups in total. The van der Waals surface area contributed by atoms with Gasteiger partial charge in [0.15, 0.2) is 6.19 Å². The Kier molecular flexibility index (Phi) is 6.02. The van der Waals surface area contributed by atoms with Crippen molar-refractivity contribution in [2.24, 2.45) is 4.99 Å². The summed E-state index contributed by atoms with van der Waals surface area (Å²) >= 11 is 0. The number of aromatic nitrogens is 2. The van der Waals surface area contributed by atoms with Crippen LogP contribution in [0.25, 0.3) is 10.9 Å². The molecule has 0 saturated carbocycles. The summed E-state index contributed by atoms with van der Waals surface area (Å²) in [5.74, 6) is 1.75. The molecule has 1 aliphatic heterocycles.